The van der Waals surface area contributed by atoms with Gasteiger partial charge in [-0.2, -0.15) is 0 Å². The maximum absolute atomic E-state index is 2.89. The third-order valence-electron chi connectivity index (χ3n) is 2.44. The van der Waals surface area contributed by atoms with Gasteiger partial charge in [-0.15, -0.1) is 0 Å². The molecule has 1 heteroatoms. The zero-order chi connectivity index (χ0) is 6.74. The summed E-state index contributed by atoms with van der Waals surface area (Å²) in [6.07, 6.45) is 8.64. The summed E-state index contributed by atoms with van der Waals surface area (Å²) >= 11 is 2.89. The molecule has 0 bridgehead atoms. The Bertz CT molecular complexity index is 82.6. The van der Waals surface area contributed by atoms with Crippen LogP contribution in [0.3, 0.4) is 0 Å². The Kier molecular flexibility index (Phi) is 2.64. The van der Waals surface area contributed by atoms with Gasteiger partial charge in [-0.1, -0.05) is 0 Å². The van der Waals surface area contributed by atoms with Crippen LogP contribution in [0.25, 0.3) is 0 Å². The van der Waals surface area contributed by atoms with Crippen LogP contribution in [0.1, 0.15) is 45.4 Å². The van der Waals surface area contributed by atoms with E-state index in [1.165, 1.54) is 38.5 Å². The minimum absolute atomic E-state index is 0.658. The second-order valence-corrected chi connectivity index (χ2v) is 5.13. The van der Waals surface area contributed by atoms with Crippen LogP contribution in [0.2, 0.25) is 4.20 Å². The van der Waals surface area contributed by atoms with E-state index < -0.39 is 0 Å². The van der Waals surface area contributed by atoms with Crippen molar-refractivity contribution in [3.63, 3.8) is 0 Å². The van der Waals surface area contributed by atoms with Gasteiger partial charge in [0, 0.05) is 0 Å². The van der Waals surface area contributed by atoms with Crippen molar-refractivity contribution in [2.45, 2.75) is 49.7 Å². The van der Waals surface area contributed by atoms with Crippen LogP contribution in [0.5, 0.6) is 0 Å². The monoisotopic (exact) mass is 186 g/mol. The van der Waals surface area contributed by atoms with Crippen molar-refractivity contribution in [2.75, 3.05) is 0 Å². The Balaban J connectivity index is 2.37. The van der Waals surface area contributed by atoms with Crippen molar-refractivity contribution in [1.82, 2.24) is 0 Å². The molecule has 1 aliphatic carbocycles. The van der Waals surface area contributed by atoms with E-state index in [1.54, 1.807) is 0 Å². The molecule has 9 heavy (non-hydrogen) atoms. The SMILES string of the molecule is CCC1([As])CCCCC1. The molecule has 0 aromatic heterocycles. The summed E-state index contributed by atoms with van der Waals surface area (Å²) in [4.78, 5) is 0. The fourth-order valence-electron chi connectivity index (χ4n) is 1.56. The van der Waals surface area contributed by atoms with Crippen molar-refractivity contribution in [3.8, 4) is 0 Å². The van der Waals surface area contributed by atoms with E-state index in [-0.39, 0.29) is 0 Å². The maximum atomic E-state index is 2.89. The summed E-state index contributed by atoms with van der Waals surface area (Å²) in [7, 11) is 0. The van der Waals surface area contributed by atoms with Crippen molar-refractivity contribution in [1.29, 1.82) is 0 Å². The first-order chi connectivity index (χ1) is 4.27. The summed E-state index contributed by atoms with van der Waals surface area (Å²) in [5, 5.41) is 0. The molecule has 0 aromatic carbocycles. The van der Waals surface area contributed by atoms with Crippen molar-refractivity contribution >= 4 is 16.9 Å². The molecule has 1 saturated carbocycles. The molecular weight excluding hydrogens is 171 g/mol. The fourth-order valence-corrected chi connectivity index (χ4v) is 2.23. The molecule has 2 radical (unpaired) electrons. The molecule has 0 amide bonds. The molecule has 0 aliphatic heterocycles. The molecular formula is C8H15As. The Hall–Kier alpha value is 0.558. The third kappa shape index (κ3) is 2.00. The van der Waals surface area contributed by atoms with Crippen LogP contribution < -0.4 is 0 Å². The zero-order valence-corrected chi connectivity index (χ0v) is 8.07. The van der Waals surface area contributed by atoms with Crippen LogP contribution in [0.4, 0.5) is 0 Å². The molecule has 1 rings (SSSR count). The van der Waals surface area contributed by atoms with Crippen LogP contribution >= 0.6 is 0 Å². The van der Waals surface area contributed by atoms with E-state index in [1.807, 2.05) is 0 Å². The van der Waals surface area contributed by atoms with Crippen LogP contribution in [-0.4, -0.2) is 16.9 Å². The Morgan fingerprint density at radius 1 is 1.22 bits per heavy atom. The predicted molar refractivity (Wildman–Crippen MR) is 41.8 cm³/mol. The molecule has 1 aliphatic rings. The molecule has 0 unspecified atom stereocenters. The van der Waals surface area contributed by atoms with E-state index in [0.717, 1.165) is 0 Å². The Labute approximate surface area is 66.9 Å². The van der Waals surface area contributed by atoms with E-state index in [4.69, 9.17) is 0 Å². The van der Waals surface area contributed by atoms with Gasteiger partial charge in [-0.3, -0.25) is 0 Å². The molecule has 0 spiro atoms. The topological polar surface area (TPSA) is 0 Å². The zero-order valence-electron chi connectivity index (χ0n) is 6.19. The molecule has 0 N–H and O–H groups in total. The van der Waals surface area contributed by atoms with E-state index in [2.05, 4.69) is 23.8 Å². The van der Waals surface area contributed by atoms with Gasteiger partial charge >= 0.3 is 66.5 Å². The summed E-state index contributed by atoms with van der Waals surface area (Å²) in [6.45, 7) is 2.31. The minimum atomic E-state index is 0.658. The molecule has 0 nitrogen and oxygen atoms in total. The van der Waals surface area contributed by atoms with Crippen molar-refractivity contribution in [3.05, 3.63) is 0 Å². The standard InChI is InChI=1S/C8H15As/c1-2-8(9)6-4-3-5-7-8/h2-7H2,1H3. The van der Waals surface area contributed by atoms with Gasteiger partial charge in [-0.25, -0.2) is 0 Å². The average Bonchev–Trinajstić information content (AvgIpc) is 1.90. The second-order valence-electron chi connectivity index (χ2n) is 3.14. The van der Waals surface area contributed by atoms with E-state index >= 15 is 0 Å². The van der Waals surface area contributed by atoms with Gasteiger partial charge in [0.2, 0.25) is 0 Å². The number of hydrogen-bond acceptors (Lipinski definition) is 0. The Morgan fingerprint density at radius 3 is 2.11 bits per heavy atom. The summed E-state index contributed by atoms with van der Waals surface area (Å²) in [6, 6.07) is 0. The van der Waals surface area contributed by atoms with Crippen molar-refractivity contribution < 1.29 is 0 Å². The van der Waals surface area contributed by atoms with Gasteiger partial charge in [-0.05, 0) is 0 Å². The number of hydrogen-bond donors (Lipinski definition) is 0. The third-order valence-corrected chi connectivity index (χ3v) is 4.04. The molecule has 0 atom stereocenters. The molecule has 0 heterocycles. The van der Waals surface area contributed by atoms with Gasteiger partial charge in [0.15, 0.2) is 0 Å². The first-order valence-corrected chi connectivity index (χ1v) is 4.93. The van der Waals surface area contributed by atoms with E-state index in [9.17, 15) is 0 Å². The summed E-state index contributed by atoms with van der Waals surface area (Å²) in [5.41, 5.74) is 0. The van der Waals surface area contributed by atoms with Crippen LogP contribution in [-0.2, 0) is 0 Å². The molecule has 1 fully saturated rings. The van der Waals surface area contributed by atoms with Gasteiger partial charge in [0.25, 0.3) is 0 Å². The predicted octanol–water partition coefficient (Wildman–Crippen LogP) is 2.69. The molecule has 52 valence electrons. The van der Waals surface area contributed by atoms with Gasteiger partial charge < -0.3 is 0 Å². The second kappa shape index (κ2) is 3.10. The van der Waals surface area contributed by atoms with Gasteiger partial charge in [0.05, 0.1) is 0 Å². The van der Waals surface area contributed by atoms with Crippen molar-refractivity contribution in [2.24, 2.45) is 0 Å². The van der Waals surface area contributed by atoms with Crippen LogP contribution in [0.15, 0.2) is 0 Å². The quantitative estimate of drug-likeness (QED) is 0.552. The van der Waals surface area contributed by atoms with Crippen LogP contribution in [0, 0.1) is 0 Å². The Morgan fingerprint density at radius 2 is 1.78 bits per heavy atom. The normalized spacial score (nSPS) is 26.0. The average molecular weight is 186 g/mol. The van der Waals surface area contributed by atoms with Gasteiger partial charge in [0.1, 0.15) is 0 Å². The molecule has 0 aromatic rings. The molecule has 0 saturated heterocycles. The summed E-state index contributed by atoms with van der Waals surface area (Å²) < 4.78 is 0.658. The summed E-state index contributed by atoms with van der Waals surface area (Å²) in [5.74, 6) is 0. The first-order valence-electron chi connectivity index (χ1n) is 3.99. The fraction of sp³-hybridized carbons (Fsp3) is 1.00. The number of rotatable bonds is 1. The first kappa shape index (κ1) is 7.66. The van der Waals surface area contributed by atoms with E-state index in [0.29, 0.717) is 4.20 Å².